The summed E-state index contributed by atoms with van der Waals surface area (Å²) in [7, 11) is 0. The summed E-state index contributed by atoms with van der Waals surface area (Å²) < 4.78 is 5.25. The maximum absolute atomic E-state index is 13.1. The minimum Gasteiger partial charge on any atom is -0.466 e. The van der Waals surface area contributed by atoms with E-state index in [4.69, 9.17) is 4.74 Å². The van der Waals surface area contributed by atoms with Crippen molar-refractivity contribution in [1.29, 1.82) is 0 Å². The summed E-state index contributed by atoms with van der Waals surface area (Å²) in [6, 6.07) is 16.0. The van der Waals surface area contributed by atoms with Gasteiger partial charge in [-0.15, -0.1) is 5.10 Å². The van der Waals surface area contributed by atoms with Crippen LogP contribution in [-0.2, 0) is 20.9 Å². The van der Waals surface area contributed by atoms with Gasteiger partial charge in [0.05, 0.1) is 12.0 Å². The minimum absolute atomic E-state index is 0.0224. The highest BCUT2D eigenvalue weighted by Crippen LogP contribution is 2.31. The third kappa shape index (κ3) is 6.27. The highest BCUT2D eigenvalue weighted by Gasteiger charge is 2.33. The van der Waals surface area contributed by atoms with Crippen molar-refractivity contribution in [3.63, 3.8) is 0 Å². The van der Waals surface area contributed by atoms with Crippen LogP contribution in [0.4, 0.5) is 0 Å². The first-order chi connectivity index (χ1) is 16.4. The highest BCUT2D eigenvalue weighted by atomic mass is 16.5. The highest BCUT2D eigenvalue weighted by molar-refractivity contribution is 5.82. The van der Waals surface area contributed by atoms with Crippen molar-refractivity contribution in [1.82, 2.24) is 25.5 Å². The van der Waals surface area contributed by atoms with Crippen molar-refractivity contribution in [3.05, 3.63) is 54.1 Å². The zero-order valence-corrected chi connectivity index (χ0v) is 20.4. The van der Waals surface area contributed by atoms with Gasteiger partial charge in [0.15, 0.2) is 5.82 Å². The van der Waals surface area contributed by atoms with Crippen molar-refractivity contribution in [3.8, 4) is 22.5 Å². The van der Waals surface area contributed by atoms with Crippen LogP contribution in [0.15, 0.2) is 48.5 Å². The Morgan fingerprint density at radius 2 is 1.82 bits per heavy atom. The van der Waals surface area contributed by atoms with E-state index < -0.39 is 5.41 Å². The molecule has 0 aliphatic heterocycles. The van der Waals surface area contributed by atoms with Crippen LogP contribution in [0.5, 0.6) is 0 Å². The Labute approximate surface area is 200 Å². The molecule has 8 nitrogen and oxygen atoms in total. The smallest absolute Gasteiger partial charge is 0.313 e. The quantitative estimate of drug-likeness (QED) is 0.416. The molecule has 0 aliphatic rings. The normalized spacial score (nSPS) is 11.3. The summed E-state index contributed by atoms with van der Waals surface area (Å²) in [5.74, 6) is 0.266. The lowest BCUT2D eigenvalue weighted by atomic mass is 9.92. The molecule has 0 spiro atoms. The largest absolute Gasteiger partial charge is 0.466 e. The van der Waals surface area contributed by atoms with E-state index in [1.807, 2.05) is 62.4 Å². The number of aromatic nitrogens is 4. The lowest BCUT2D eigenvalue weighted by Crippen LogP contribution is -2.42. The number of nitrogens with one attached hydrogen (secondary N) is 1. The predicted molar refractivity (Wildman–Crippen MR) is 130 cm³/mol. The van der Waals surface area contributed by atoms with Crippen molar-refractivity contribution in [2.45, 2.75) is 53.5 Å². The molecule has 1 N–H and O–H groups in total. The average Bonchev–Trinajstić information content (AvgIpc) is 3.37. The third-order valence-electron chi connectivity index (χ3n) is 5.65. The number of ether oxygens (including phenoxy) is 1. The van der Waals surface area contributed by atoms with Gasteiger partial charge in [-0.25, -0.2) is 5.10 Å². The number of nitrogens with zero attached hydrogens (tertiary/aromatic N) is 4. The molecule has 0 atom stereocenters. The van der Waals surface area contributed by atoms with Gasteiger partial charge in [0.1, 0.15) is 0 Å². The number of rotatable bonds is 11. The second kappa shape index (κ2) is 11.5. The first-order valence-electron chi connectivity index (χ1n) is 11.7. The van der Waals surface area contributed by atoms with Crippen LogP contribution >= 0.6 is 0 Å². The third-order valence-corrected chi connectivity index (χ3v) is 5.65. The van der Waals surface area contributed by atoms with Gasteiger partial charge in [0, 0.05) is 25.1 Å². The molecule has 0 saturated heterocycles. The molecule has 8 heteroatoms. The first-order valence-corrected chi connectivity index (χ1v) is 11.7. The van der Waals surface area contributed by atoms with Crippen LogP contribution in [0.3, 0.4) is 0 Å². The standard InChI is InChI=1S/C26H33N5O3/c1-5-7-13-23(32)31(18-26(3,4)25(33)34-6-2)17-19-14-15-21(20-11-9-8-10-12-20)22(16-19)24-27-29-30-28-24/h8-12,14-16H,5-7,13,17-18H2,1-4H3,(H,27,28,29,30). The number of hydrogen-bond acceptors (Lipinski definition) is 6. The summed E-state index contributed by atoms with van der Waals surface area (Å²) in [4.78, 5) is 27.4. The molecule has 34 heavy (non-hydrogen) atoms. The van der Waals surface area contributed by atoms with Gasteiger partial charge in [0.2, 0.25) is 5.91 Å². The van der Waals surface area contributed by atoms with Crippen LogP contribution in [0, 0.1) is 5.41 Å². The van der Waals surface area contributed by atoms with Gasteiger partial charge in [-0.3, -0.25) is 9.59 Å². The number of hydrogen-bond donors (Lipinski definition) is 1. The van der Waals surface area contributed by atoms with E-state index in [-0.39, 0.29) is 18.4 Å². The van der Waals surface area contributed by atoms with Gasteiger partial charge < -0.3 is 9.64 Å². The molecular weight excluding hydrogens is 430 g/mol. The van der Waals surface area contributed by atoms with Crippen LogP contribution < -0.4 is 0 Å². The molecule has 0 aliphatic carbocycles. The minimum atomic E-state index is -0.820. The first kappa shape index (κ1) is 25.1. The molecule has 0 fully saturated rings. The van der Waals surface area contributed by atoms with Crippen molar-refractivity contribution in [2.75, 3.05) is 13.2 Å². The average molecular weight is 464 g/mol. The van der Waals surface area contributed by atoms with E-state index in [0.717, 1.165) is 35.1 Å². The molecular formula is C26H33N5O3. The summed E-state index contributed by atoms with van der Waals surface area (Å²) >= 11 is 0. The van der Waals surface area contributed by atoms with Crippen LogP contribution in [0.25, 0.3) is 22.5 Å². The zero-order chi connectivity index (χ0) is 24.6. The molecule has 180 valence electrons. The molecule has 0 bridgehead atoms. The number of benzene rings is 2. The van der Waals surface area contributed by atoms with E-state index in [9.17, 15) is 9.59 Å². The molecule has 1 heterocycles. The Morgan fingerprint density at radius 3 is 2.47 bits per heavy atom. The summed E-state index contributed by atoms with van der Waals surface area (Å²) in [6.45, 7) is 8.42. The van der Waals surface area contributed by atoms with E-state index in [1.165, 1.54) is 0 Å². The van der Waals surface area contributed by atoms with Gasteiger partial charge in [-0.1, -0.05) is 55.8 Å². The second-order valence-electron chi connectivity index (χ2n) is 8.95. The number of carbonyl (C=O) groups excluding carboxylic acids is 2. The summed E-state index contributed by atoms with van der Waals surface area (Å²) in [5, 5.41) is 14.4. The Kier molecular flexibility index (Phi) is 8.51. The maximum atomic E-state index is 13.1. The molecule has 0 saturated carbocycles. The lowest BCUT2D eigenvalue weighted by Gasteiger charge is -2.31. The molecule has 0 radical (unpaired) electrons. The Balaban J connectivity index is 1.94. The molecule has 1 aromatic heterocycles. The van der Waals surface area contributed by atoms with E-state index in [1.54, 1.807) is 11.8 Å². The Morgan fingerprint density at radius 1 is 1.06 bits per heavy atom. The number of tetrazole rings is 1. The molecule has 3 aromatic rings. The molecule has 1 amide bonds. The zero-order valence-electron chi connectivity index (χ0n) is 20.4. The summed E-state index contributed by atoms with van der Waals surface area (Å²) in [5.41, 5.74) is 2.98. The van der Waals surface area contributed by atoms with Crippen LogP contribution in [-0.4, -0.2) is 50.6 Å². The number of carbonyl (C=O) groups is 2. The fraction of sp³-hybridized carbons (Fsp3) is 0.423. The number of esters is 1. The number of aromatic amines is 1. The fourth-order valence-electron chi connectivity index (χ4n) is 3.84. The number of unbranched alkanes of at least 4 members (excludes halogenated alkanes) is 1. The predicted octanol–water partition coefficient (Wildman–Crippen LogP) is 4.64. The van der Waals surface area contributed by atoms with Gasteiger partial charge in [-0.05, 0) is 60.4 Å². The Hall–Kier alpha value is -3.55. The van der Waals surface area contributed by atoms with Crippen molar-refractivity contribution in [2.24, 2.45) is 5.41 Å². The van der Waals surface area contributed by atoms with Gasteiger partial charge in [-0.2, -0.15) is 0 Å². The molecule has 3 rings (SSSR count). The number of amides is 1. The molecule has 0 unspecified atom stereocenters. The number of H-pyrrole nitrogens is 1. The van der Waals surface area contributed by atoms with Crippen LogP contribution in [0.1, 0.15) is 52.5 Å². The van der Waals surface area contributed by atoms with Gasteiger partial charge in [0.25, 0.3) is 0 Å². The molecule has 2 aromatic carbocycles. The van der Waals surface area contributed by atoms with Crippen LogP contribution in [0.2, 0.25) is 0 Å². The Bertz CT molecular complexity index is 1080. The monoisotopic (exact) mass is 463 g/mol. The fourth-order valence-corrected chi connectivity index (χ4v) is 3.84. The second-order valence-corrected chi connectivity index (χ2v) is 8.95. The van der Waals surface area contributed by atoms with E-state index >= 15 is 0 Å². The van der Waals surface area contributed by atoms with Crippen molar-refractivity contribution < 1.29 is 14.3 Å². The maximum Gasteiger partial charge on any atom is 0.313 e. The SMILES string of the molecule is CCCCC(=O)N(Cc1ccc(-c2ccccc2)c(-c2nnn[nH]2)c1)CC(C)(C)C(=O)OCC. The van der Waals surface area contributed by atoms with Gasteiger partial charge >= 0.3 is 5.97 Å². The topological polar surface area (TPSA) is 101 Å². The summed E-state index contributed by atoms with van der Waals surface area (Å²) in [6.07, 6.45) is 2.17. The van der Waals surface area contributed by atoms with E-state index in [0.29, 0.717) is 25.4 Å². The van der Waals surface area contributed by atoms with Crippen molar-refractivity contribution >= 4 is 11.9 Å². The van der Waals surface area contributed by atoms with E-state index in [2.05, 4.69) is 27.5 Å². The lowest BCUT2D eigenvalue weighted by molar-refractivity contribution is -0.155.